The lowest BCUT2D eigenvalue weighted by molar-refractivity contribution is 0.658. The van der Waals surface area contributed by atoms with E-state index in [0.29, 0.717) is 0 Å². The van der Waals surface area contributed by atoms with Crippen molar-refractivity contribution in [1.82, 2.24) is 34.7 Å². The van der Waals surface area contributed by atoms with Crippen LogP contribution in [0.4, 0.5) is 0 Å². The number of hydrogen-bond donors (Lipinski definition) is 1. The summed E-state index contributed by atoms with van der Waals surface area (Å²) in [6.07, 6.45) is 7.65. The van der Waals surface area contributed by atoms with Crippen LogP contribution in [-0.4, -0.2) is 36.4 Å². The maximum atomic E-state index is 4.94. The van der Waals surface area contributed by atoms with Gasteiger partial charge >= 0.3 is 0 Å². The molecule has 5 heterocycles. The van der Waals surface area contributed by atoms with Crippen LogP contribution in [0.25, 0.3) is 34.2 Å². The van der Waals surface area contributed by atoms with Crippen LogP contribution in [0.1, 0.15) is 23.5 Å². The molecule has 1 aliphatic rings. The summed E-state index contributed by atoms with van der Waals surface area (Å²) >= 11 is 0. The van der Waals surface area contributed by atoms with Crippen LogP contribution in [0.2, 0.25) is 0 Å². The third kappa shape index (κ3) is 2.58. The van der Waals surface area contributed by atoms with E-state index in [-0.39, 0.29) is 0 Å². The van der Waals surface area contributed by atoms with Gasteiger partial charge < -0.3 is 5.32 Å². The Labute approximate surface area is 162 Å². The summed E-state index contributed by atoms with van der Waals surface area (Å²) in [6, 6.07) is 10.2. The van der Waals surface area contributed by atoms with Crippen molar-refractivity contribution in [2.75, 3.05) is 7.05 Å². The highest BCUT2D eigenvalue weighted by atomic mass is 15.3. The van der Waals surface area contributed by atoms with Gasteiger partial charge in [0.05, 0.1) is 11.4 Å². The Kier molecular flexibility index (Phi) is 3.93. The molecule has 0 saturated carbocycles. The third-order valence-electron chi connectivity index (χ3n) is 5.13. The topological polar surface area (TPSA) is 72.9 Å². The van der Waals surface area contributed by atoms with Crippen LogP contribution in [0.15, 0.2) is 42.9 Å². The summed E-state index contributed by atoms with van der Waals surface area (Å²) in [7, 11) is 1.89. The Balaban J connectivity index is 1.81. The monoisotopic (exact) mass is 371 g/mol. The van der Waals surface area contributed by atoms with Crippen molar-refractivity contribution in [3.8, 4) is 22.5 Å². The first-order valence-corrected chi connectivity index (χ1v) is 9.47. The summed E-state index contributed by atoms with van der Waals surface area (Å²) in [4.78, 5) is 9.08. The Morgan fingerprint density at radius 1 is 1.18 bits per heavy atom. The molecule has 4 aromatic heterocycles. The number of fused-ring (bicyclic) bond motifs is 2. The van der Waals surface area contributed by atoms with Crippen molar-refractivity contribution in [3.05, 3.63) is 59.9 Å². The minimum absolute atomic E-state index is 0.818. The number of pyridine rings is 2. The molecule has 0 saturated heterocycles. The molecular formula is C21H21N7. The first kappa shape index (κ1) is 16.7. The zero-order valence-electron chi connectivity index (χ0n) is 15.9. The van der Waals surface area contributed by atoms with Crippen molar-refractivity contribution < 1.29 is 0 Å². The van der Waals surface area contributed by atoms with E-state index >= 15 is 0 Å². The van der Waals surface area contributed by atoms with Crippen LogP contribution in [0.3, 0.4) is 0 Å². The number of aromatic nitrogens is 6. The van der Waals surface area contributed by atoms with Crippen molar-refractivity contribution in [2.45, 2.75) is 26.3 Å². The zero-order valence-corrected chi connectivity index (χ0v) is 15.9. The summed E-state index contributed by atoms with van der Waals surface area (Å²) < 4.78 is 4.00. The summed E-state index contributed by atoms with van der Waals surface area (Å²) in [5, 5.41) is 12.4. The minimum Gasteiger partial charge on any atom is -0.394 e. The van der Waals surface area contributed by atoms with Gasteiger partial charge in [-0.3, -0.25) is 9.67 Å². The molecule has 0 atom stereocenters. The lowest BCUT2D eigenvalue weighted by Gasteiger charge is -2.11. The Hall–Kier alpha value is -3.48. The van der Waals surface area contributed by atoms with Gasteiger partial charge in [0, 0.05) is 36.1 Å². The average molecular weight is 371 g/mol. The lowest BCUT2D eigenvalue weighted by Crippen LogP contribution is -2.01. The largest absolute Gasteiger partial charge is 0.394 e. The molecule has 7 heteroatoms. The molecule has 4 aromatic rings. The first-order valence-electron chi connectivity index (χ1n) is 9.47. The van der Waals surface area contributed by atoms with Crippen molar-refractivity contribution in [1.29, 1.82) is 0 Å². The molecule has 0 unspecified atom stereocenters. The van der Waals surface area contributed by atoms with Gasteiger partial charge in [-0.1, -0.05) is 6.07 Å². The molecule has 1 N–H and O–H groups in total. The number of hydrogen-bond acceptors (Lipinski definition) is 5. The highest BCUT2D eigenvalue weighted by molar-refractivity contribution is 5.86. The molecule has 0 fully saturated rings. The standard InChI is InChI=1S/C21H21N7/c1-14-5-3-6-16(25-14)21-20(18-7-4-12-27(18)26-21)15-8-9-19-23-13-24-28(19)17(15)10-11-22-2/h3,5-6,8-11,13,22H,4,7,12H2,1-2H3/b11-10+. The molecule has 0 radical (unpaired) electrons. The van der Waals surface area contributed by atoms with Gasteiger partial charge in [0.15, 0.2) is 5.65 Å². The first-order chi connectivity index (χ1) is 13.8. The Bertz CT molecular complexity index is 1200. The zero-order chi connectivity index (χ0) is 19.1. The van der Waals surface area contributed by atoms with E-state index in [1.807, 2.05) is 55.0 Å². The van der Waals surface area contributed by atoms with E-state index in [4.69, 9.17) is 10.1 Å². The molecule has 0 aromatic carbocycles. The normalized spacial score (nSPS) is 13.5. The molecule has 1 aliphatic heterocycles. The Morgan fingerprint density at radius 2 is 2.11 bits per heavy atom. The number of aryl methyl sites for hydroxylation is 2. The van der Waals surface area contributed by atoms with Gasteiger partial charge in [-0.15, -0.1) is 0 Å². The molecule has 7 nitrogen and oxygen atoms in total. The van der Waals surface area contributed by atoms with Crippen molar-refractivity contribution >= 4 is 11.7 Å². The molecule has 140 valence electrons. The lowest BCUT2D eigenvalue weighted by atomic mass is 9.98. The quantitative estimate of drug-likeness (QED) is 0.597. The fourth-order valence-electron chi connectivity index (χ4n) is 3.91. The van der Waals surface area contributed by atoms with E-state index in [9.17, 15) is 0 Å². The van der Waals surface area contributed by atoms with Crippen LogP contribution in [0, 0.1) is 6.92 Å². The van der Waals surface area contributed by atoms with E-state index in [0.717, 1.165) is 58.9 Å². The molecule has 0 bridgehead atoms. The SMILES string of the molecule is CN/C=C/c1c(-c2c(-c3cccc(C)n3)nn3c2CCC3)ccc2ncnn12. The molecule has 0 amide bonds. The van der Waals surface area contributed by atoms with Gasteiger partial charge in [0.1, 0.15) is 12.0 Å². The van der Waals surface area contributed by atoms with Crippen molar-refractivity contribution in [3.63, 3.8) is 0 Å². The van der Waals surface area contributed by atoms with E-state index in [2.05, 4.69) is 26.1 Å². The molecule has 28 heavy (non-hydrogen) atoms. The predicted octanol–water partition coefficient (Wildman–Crippen LogP) is 3.10. The number of nitrogens with zero attached hydrogens (tertiary/aromatic N) is 6. The van der Waals surface area contributed by atoms with Gasteiger partial charge in [0.25, 0.3) is 0 Å². The van der Waals surface area contributed by atoms with Crippen LogP contribution in [0.5, 0.6) is 0 Å². The Morgan fingerprint density at radius 3 is 2.96 bits per heavy atom. The second kappa shape index (κ2) is 6.60. The predicted molar refractivity (Wildman–Crippen MR) is 109 cm³/mol. The minimum atomic E-state index is 0.818. The van der Waals surface area contributed by atoms with Crippen molar-refractivity contribution in [2.24, 2.45) is 0 Å². The van der Waals surface area contributed by atoms with E-state index in [1.165, 1.54) is 5.69 Å². The van der Waals surface area contributed by atoms with Gasteiger partial charge in [-0.05, 0) is 56.3 Å². The molecular weight excluding hydrogens is 350 g/mol. The highest BCUT2D eigenvalue weighted by Crippen LogP contribution is 2.39. The van der Waals surface area contributed by atoms with E-state index < -0.39 is 0 Å². The fraction of sp³-hybridized carbons (Fsp3) is 0.238. The van der Waals surface area contributed by atoms with Gasteiger partial charge in [-0.25, -0.2) is 9.50 Å². The average Bonchev–Trinajstić information content (AvgIpc) is 3.41. The highest BCUT2D eigenvalue weighted by Gasteiger charge is 2.26. The second-order valence-corrected chi connectivity index (χ2v) is 6.95. The summed E-state index contributed by atoms with van der Waals surface area (Å²) in [6.45, 7) is 2.96. The van der Waals surface area contributed by atoms with Crippen LogP contribution in [-0.2, 0) is 13.0 Å². The van der Waals surface area contributed by atoms with Crippen LogP contribution >= 0.6 is 0 Å². The van der Waals surface area contributed by atoms with Gasteiger partial charge in [0.2, 0.25) is 0 Å². The number of nitrogens with one attached hydrogen (secondary N) is 1. The smallest absolute Gasteiger partial charge is 0.155 e. The number of rotatable bonds is 4. The van der Waals surface area contributed by atoms with E-state index in [1.54, 1.807) is 6.33 Å². The molecule has 0 spiro atoms. The van der Waals surface area contributed by atoms with Crippen LogP contribution < -0.4 is 5.32 Å². The third-order valence-corrected chi connectivity index (χ3v) is 5.13. The van der Waals surface area contributed by atoms with Gasteiger partial charge in [-0.2, -0.15) is 10.2 Å². The summed E-state index contributed by atoms with van der Waals surface area (Å²) in [5.74, 6) is 0. The molecule has 5 rings (SSSR count). The molecule has 0 aliphatic carbocycles. The summed E-state index contributed by atoms with van der Waals surface area (Å²) in [5.41, 5.74) is 8.10. The maximum absolute atomic E-state index is 4.94. The maximum Gasteiger partial charge on any atom is 0.155 e. The fourth-order valence-corrected chi connectivity index (χ4v) is 3.91. The second-order valence-electron chi connectivity index (χ2n) is 6.95.